The van der Waals surface area contributed by atoms with Gasteiger partial charge in [0, 0.05) is 44.5 Å². The lowest BCUT2D eigenvalue weighted by Gasteiger charge is -2.45. The van der Waals surface area contributed by atoms with Crippen LogP contribution in [0.25, 0.3) is 0 Å². The Morgan fingerprint density at radius 3 is 2.70 bits per heavy atom. The molecule has 0 saturated carbocycles. The highest BCUT2D eigenvalue weighted by Gasteiger charge is 2.46. The fourth-order valence-corrected chi connectivity index (χ4v) is 4.08. The van der Waals surface area contributed by atoms with Crippen molar-refractivity contribution in [2.24, 2.45) is 7.05 Å². The summed E-state index contributed by atoms with van der Waals surface area (Å²) in [5.74, 6) is 0.111. The van der Waals surface area contributed by atoms with Gasteiger partial charge in [-0.2, -0.15) is 5.10 Å². The number of carbonyl (C=O) groups is 1. The van der Waals surface area contributed by atoms with Crippen LogP contribution in [-0.2, 0) is 11.8 Å². The van der Waals surface area contributed by atoms with Gasteiger partial charge in [-0.3, -0.25) is 14.4 Å². The summed E-state index contributed by atoms with van der Waals surface area (Å²) in [5, 5.41) is 4.10. The standard InChI is InChI=1S/C17H28N4O2/c1-4-23-13-15-5-6-17(20(15)3)7-9-21(10-8-17)16(22)14-11-18-19(2)12-14/h11-12,15H,4-10,13H2,1-3H3/t15-/m1/s1. The summed E-state index contributed by atoms with van der Waals surface area (Å²) in [6.07, 6.45) is 7.98. The molecule has 0 N–H and O–H groups in total. The van der Waals surface area contributed by atoms with Gasteiger partial charge >= 0.3 is 0 Å². The van der Waals surface area contributed by atoms with Gasteiger partial charge in [0.05, 0.1) is 18.4 Å². The molecule has 1 aromatic rings. The van der Waals surface area contributed by atoms with E-state index in [1.807, 2.05) is 18.9 Å². The zero-order valence-corrected chi connectivity index (χ0v) is 14.5. The van der Waals surface area contributed by atoms with E-state index < -0.39 is 0 Å². The zero-order valence-electron chi connectivity index (χ0n) is 14.5. The largest absolute Gasteiger partial charge is 0.380 e. The van der Waals surface area contributed by atoms with Crippen LogP contribution in [0.15, 0.2) is 12.4 Å². The lowest BCUT2D eigenvalue weighted by atomic mass is 9.85. The molecule has 128 valence electrons. The molecule has 6 heteroatoms. The van der Waals surface area contributed by atoms with E-state index in [9.17, 15) is 4.79 Å². The maximum absolute atomic E-state index is 12.5. The SMILES string of the molecule is CCOC[C@H]1CCC2(CCN(C(=O)c3cnn(C)c3)CC2)N1C. The fourth-order valence-electron chi connectivity index (χ4n) is 4.08. The molecule has 0 bridgehead atoms. The number of likely N-dealkylation sites (N-methyl/N-ethyl adjacent to an activating group) is 1. The number of amides is 1. The zero-order chi connectivity index (χ0) is 16.4. The minimum atomic E-state index is 0.111. The first-order valence-corrected chi connectivity index (χ1v) is 8.64. The van der Waals surface area contributed by atoms with Crippen LogP contribution >= 0.6 is 0 Å². The Hall–Kier alpha value is -1.40. The van der Waals surface area contributed by atoms with Gasteiger partial charge in [0.25, 0.3) is 5.91 Å². The van der Waals surface area contributed by atoms with Crippen LogP contribution in [0.4, 0.5) is 0 Å². The number of rotatable bonds is 4. The lowest BCUT2D eigenvalue weighted by Crippen LogP contribution is -2.54. The van der Waals surface area contributed by atoms with Gasteiger partial charge in [0.15, 0.2) is 0 Å². The van der Waals surface area contributed by atoms with Crippen molar-refractivity contribution >= 4 is 5.91 Å². The van der Waals surface area contributed by atoms with Crippen LogP contribution in [0.5, 0.6) is 0 Å². The Bertz CT molecular complexity index is 549. The molecule has 2 aliphatic heterocycles. The van der Waals surface area contributed by atoms with E-state index in [1.54, 1.807) is 17.1 Å². The summed E-state index contributed by atoms with van der Waals surface area (Å²) < 4.78 is 7.31. The molecule has 0 radical (unpaired) electrons. The van der Waals surface area contributed by atoms with Crippen molar-refractivity contribution in [2.75, 3.05) is 33.4 Å². The number of carbonyl (C=O) groups excluding carboxylic acids is 1. The third-order valence-corrected chi connectivity index (χ3v) is 5.69. The number of hydrogen-bond acceptors (Lipinski definition) is 4. The molecule has 0 aromatic carbocycles. The van der Waals surface area contributed by atoms with E-state index in [4.69, 9.17) is 4.74 Å². The quantitative estimate of drug-likeness (QED) is 0.844. The van der Waals surface area contributed by atoms with Crippen LogP contribution in [0, 0.1) is 0 Å². The maximum atomic E-state index is 12.5. The minimum absolute atomic E-state index is 0.111. The first-order chi connectivity index (χ1) is 11.1. The van der Waals surface area contributed by atoms with E-state index >= 15 is 0 Å². The Labute approximate surface area is 138 Å². The fraction of sp³-hybridized carbons (Fsp3) is 0.765. The lowest BCUT2D eigenvalue weighted by molar-refractivity contribution is 0.0211. The smallest absolute Gasteiger partial charge is 0.257 e. The Morgan fingerprint density at radius 1 is 1.35 bits per heavy atom. The molecule has 3 rings (SSSR count). The van der Waals surface area contributed by atoms with Gasteiger partial charge in [0.2, 0.25) is 0 Å². The Balaban J connectivity index is 1.59. The second-order valence-corrected chi connectivity index (χ2v) is 6.88. The number of likely N-dealkylation sites (tertiary alicyclic amines) is 2. The van der Waals surface area contributed by atoms with Crippen molar-refractivity contribution in [3.05, 3.63) is 18.0 Å². The molecule has 1 amide bonds. The van der Waals surface area contributed by atoms with Crippen molar-refractivity contribution < 1.29 is 9.53 Å². The molecule has 6 nitrogen and oxygen atoms in total. The topological polar surface area (TPSA) is 50.6 Å². The van der Waals surface area contributed by atoms with E-state index in [2.05, 4.69) is 17.0 Å². The maximum Gasteiger partial charge on any atom is 0.257 e. The summed E-state index contributed by atoms with van der Waals surface area (Å²) in [5.41, 5.74) is 0.950. The number of aryl methyl sites for hydroxylation is 1. The Morgan fingerprint density at radius 2 is 2.09 bits per heavy atom. The molecular formula is C17H28N4O2. The summed E-state index contributed by atoms with van der Waals surface area (Å²) in [6, 6.07) is 0.524. The normalized spacial score (nSPS) is 24.5. The summed E-state index contributed by atoms with van der Waals surface area (Å²) in [7, 11) is 4.07. The highest BCUT2D eigenvalue weighted by molar-refractivity contribution is 5.93. The highest BCUT2D eigenvalue weighted by atomic mass is 16.5. The second-order valence-electron chi connectivity index (χ2n) is 6.88. The number of hydrogen-bond donors (Lipinski definition) is 0. The molecule has 1 spiro atoms. The predicted octanol–water partition coefficient (Wildman–Crippen LogP) is 1.53. The monoisotopic (exact) mass is 320 g/mol. The summed E-state index contributed by atoms with van der Waals surface area (Å²) in [4.78, 5) is 17.0. The predicted molar refractivity (Wildman–Crippen MR) is 88.4 cm³/mol. The van der Waals surface area contributed by atoms with Crippen LogP contribution in [0.2, 0.25) is 0 Å². The minimum Gasteiger partial charge on any atom is -0.380 e. The average Bonchev–Trinajstić information content (AvgIpc) is 3.12. The molecule has 2 aliphatic rings. The first-order valence-electron chi connectivity index (χ1n) is 8.64. The second kappa shape index (κ2) is 6.61. The van der Waals surface area contributed by atoms with E-state index in [-0.39, 0.29) is 11.4 Å². The number of piperidine rings is 1. The van der Waals surface area contributed by atoms with Crippen molar-refractivity contribution in [3.63, 3.8) is 0 Å². The third-order valence-electron chi connectivity index (χ3n) is 5.69. The van der Waals surface area contributed by atoms with Crippen LogP contribution in [0.1, 0.15) is 43.0 Å². The van der Waals surface area contributed by atoms with Crippen molar-refractivity contribution in [1.29, 1.82) is 0 Å². The van der Waals surface area contributed by atoms with Gasteiger partial charge in [-0.1, -0.05) is 0 Å². The Kier molecular flexibility index (Phi) is 4.73. The van der Waals surface area contributed by atoms with Gasteiger partial charge in [0.1, 0.15) is 0 Å². The first kappa shape index (κ1) is 16.5. The van der Waals surface area contributed by atoms with Crippen molar-refractivity contribution in [2.45, 2.75) is 44.2 Å². The molecule has 1 atom stereocenters. The van der Waals surface area contributed by atoms with Gasteiger partial charge in [-0.15, -0.1) is 0 Å². The highest BCUT2D eigenvalue weighted by Crippen LogP contribution is 2.40. The average molecular weight is 320 g/mol. The van der Waals surface area contributed by atoms with Crippen LogP contribution < -0.4 is 0 Å². The third kappa shape index (κ3) is 3.15. The van der Waals surface area contributed by atoms with Crippen molar-refractivity contribution in [3.8, 4) is 0 Å². The van der Waals surface area contributed by atoms with Gasteiger partial charge in [-0.25, -0.2) is 0 Å². The number of nitrogens with zero attached hydrogens (tertiary/aromatic N) is 4. The molecule has 3 heterocycles. The van der Waals surface area contributed by atoms with Gasteiger partial charge in [-0.05, 0) is 39.7 Å². The van der Waals surface area contributed by atoms with Crippen LogP contribution in [0.3, 0.4) is 0 Å². The number of ether oxygens (including phenoxy) is 1. The van der Waals surface area contributed by atoms with E-state index in [0.717, 1.165) is 39.1 Å². The molecule has 2 saturated heterocycles. The molecule has 0 unspecified atom stereocenters. The molecule has 23 heavy (non-hydrogen) atoms. The molecule has 2 fully saturated rings. The summed E-state index contributed by atoms with van der Waals surface area (Å²) in [6.45, 7) is 5.32. The van der Waals surface area contributed by atoms with E-state index in [1.165, 1.54) is 12.8 Å². The molecular weight excluding hydrogens is 292 g/mol. The number of aromatic nitrogens is 2. The van der Waals surface area contributed by atoms with Crippen LogP contribution in [-0.4, -0.2) is 70.4 Å². The van der Waals surface area contributed by atoms with Gasteiger partial charge < -0.3 is 9.64 Å². The van der Waals surface area contributed by atoms with Crippen molar-refractivity contribution in [1.82, 2.24) is 19.6 Å². The van der Waals surface area contributed by atoms with E-state index in [0.29, 0.717) is 11.6 Å². The molecule has 1 aromatic heterocycles. The molecule has 0 aliphatic carbocycles. The summed E-state index contributed by atoms with van der Waals surface area (Å²) >= 11 is 0.